The third-order valence-electron chi connectivity index (χ3n) is 3.62. The molecule has 0 radical (unpaired) electrons. The van der Waals surface area contributed by atoms with Crippen LogP contribution in [0.2, 0.25) is 0 Å². The highest BCUT2D eigenvalue weighted by atomic mass is 16.5. The van der Waals surface area contributed by atoms with Crippen LogP contribution in [0.4, 0.5) is 0 Å². The zero-order valence-electron chi connectivity index (χ0n) is 16.2. The van der Waals surface area contributed by atoms with Gasteiger partial charge in [0.25, 0.3) is 0 Å². The van der Waals surface area contributed by atoms with Crippen molar-refractivity contribution in [3.05, 3.63) is 0 Å². The summed E-state index contributed by atoms with van der Waals surface area (Å²) in [5, 5.41) is 0. The van der Waals surface area contributed by atoms with Crippen LogP contribution >= 0.6 is 0 Å². The molecule has 0 fully saturated rings. The molecule has 0 aliphatic carbocycles. The Morgan fingerprint density at radius 2 is 0.767 bits per heavy atom. The summed E-state index contributed by atoms with van der Waals surface area (Å²) >= 11 is 0. The Morgan fingerprint density at radius 1 is 0.467 bits per heavy atom. The van der Waals surface area contributed by atoms with E-state index in [0.717, 1.165) is 25.7 Å². The molecule has 204 valence electrons. The van der Waals surface area contributed by atoms with Crippen molar-refractivity contribution in [1.29, 1.82) is 0 Å². The van der Waals surface area contributed by atoms with E-state index in [1.165, 1.54) is 12.8 Å². The van der Waals surface area contributed by atoms with Gasteiger partial charge in [-0.05, 0) is 39.0 Å². The summed E-state index contributed by atoms with van der Waals surface area (Å²) in [4.78, 5) is 0. The average molecular weight is 451 g/mol. The van der Waals surface area contributed by atoms with Crippen LogP contribution in [-0.4, -0.2) is 39.6 Å². The standard InChI is InChI=1S/C7H16O.C6H14O.C5H12O.9CH4/c1-4-6-7(5-2)8-3;1-4-6(5-2)7-3;1-4-5(2)6-3;;;;;;;;;/h7H,4-6H2,1-3H3;6H,4-5H2,1-3H3;5H,4H2,1-3H3;9*1H4. The van der Waals surface area contributed by atoms with Crippen molar-refractivity contribution in [2.45, 2.75) is 165 Å². The lowest BCUT2D eigenvalue weighted by atomic mass is 10.2. The molecule has 0 aliphatic rings. The summed E-state index contributed by atoms with van der Waals surface area (Å²) in [5.74, 6) is 0. The van der Waals surface area contributed by atoms with E-state index in [9.17, 15) is 0 Å². The SMILES string of the molecule is C.C.C.C.C.C.C.C.C.CCC(C)OC.CCC(CC)OC.CCCC(CC)OC. The molecule has 2 unspecified atom stereocenters. The monoisotopic (exact) mass is 451 g/mol. The molecule has 0 saturated carbocycles. The van der Waals surface area contributed by atoms with Crippen molar-refractivity contribution in [3.63, 3.8) is 0 Å². The van der Waals surface area contributed by atoms with E-state index in [4.69, 9.17) is 14.2 Å². The average Bonchev–Trinajstić information content (AvgIpc) is 2.54. The molecule has 3 heteroatoms. The van der Waals surface area contributed by atoms with Gasteiger partial charge in [0.05, 0.1) is 18.3 Å². The first-order valence-electron chi connectivity index (χ1n) is 8.59. The van der Waals surface area contributed by atoms with Crippen LogP contribution < -0.4 is 0 Å². The number of ether oxygens (including phenoxy) is 3. The van der Waals surface area contributed by atoms with E-state index in [1.807, 2.05) is 0 Å². The Labute approximate surface area is 201 Å². The molecule has 2 atom stereocenters. The summed E-state index contributed by atoms with van der Waals surface area (Å²) < 4.78 is 15.1. The summed E-state index contributed by atoms with van der Waals surface area (Å²) in [5.41, 5.74) is 0. The predicted octanol–water partition coefficient (Wildman–Crippen LogP) is 11.2. The molecular formula is C27H78O3. The lowest BCUT2D eigenvalue weighted by Crippen LogP contribution is -2.07. The molecule has 0 rings (SSSR count). The summed E-state index contributed by atoms with van der Waals surface area (Å²) in [6, 6.07) is 0. The fourth-order valence-corrected chi connectivity index (χ4v) is 1.60. The summed E-state index contributed by atoms with van der Waals surface area (Å²) in [6.07, 6.45) is 8.37. The second-order valence-electron chi connectivity index (χ2n) is 5.18. The van der Waals surface area contributed by atoms with E-state index in [2.05, 4.69) is 41.5 Å². The van der Waals surface area contributed by atoms with Gasteiger partial charge in [0, 0.05) is 21.3 Å². The maximum atomic E-state index is 5.14. The van der Waals surface area contributed by atoms with Gasteiger partial charge < -0.3 is 14.2 Å². The molecule has 0 aromatic rings. The second kappa shape index (κ2) is 70.2. The smallest absolute Gasteiger partial charge is 0.0568 e. The zero-order valence-corrected chi connectivity index (χ0v) is 16.2. The lowest BCUT2D eigenvalue weighted by Gasteiger charge is -2.09. The number of rotatable bonds is 9. The van der Waals surface area contributed by atoms with Crippen LogP contribution in [0.15, 0.2) is 0 Å². The van der Waals surface area contributed by atoms with Crippen molar-refractivity contribution in [2.24, 2.45) is 0 Å². The largest absolute Gasteiger partial charge is 0.382 e. The van der Waals surface area contributed by atoms with E-state index in [0.29, 0.717) is 18.3 Å². The molecule has 0 bridgehead atoms. The van der Waals surface area contributed by atoms with Gasteiger partial charge in [-0.2, -0.15) is 0 Å². The maximum absolute atomic E-state index is 5.14. The number of hydrogen-bond acceptors (Lipinski definition) is 3. The van der Waals surface area contributed by atoms with Gasteiger partial charge in [0.2, 0.25) is 0 Å². The first-order chi connectivity index (χ1) is 10.0. The highest BCUT2D eigenvalue weighted by molar-refractivity contribution is 4.51. The maximum Gasteiger partial charge on any atom is 0.0568 e. The van der Waals surface area contributed by atoms with Gasteiger partial charge in [-0.3, -0.25) is 0 Å². The third-order valence-corrected chi connectivity index (χ3v) is 3.62. The van der Waals surface area contributed by atoms with Crippen molar-refractivity contribution in [1.82, 2.24) is 0 Å². The number of hydrogen-bond donors (Lipinski definition) is 0. The van der Waals surface area contributed by atoms with Crippen LogP contribution in [0, 0.1) is 0 Å². The molecule has 0 spiro atoms. The molecule has 0 N–H and O–H groups in total. The van der Waals surface area contributed by atoms with Crippen molar-refractivity contribution >= 4 is 0 Å². The predicted molar refractivity (Wildman–Crippen MR) is 155 cm³/mol. The van der Waals surface area contributed by atoms with Crippen LogP contribution in [0.25, 0.3) is 0 Å². The fourth-order valence-electron chi connectivity index (χ4n) is 1.60. The first kappa shape index (κ1) is 78.0. The molecule has 30 heavy (non-hydrogen) atoms. The van der Waals surface area contributed by atoms with Gasteiger partial charge in [0.15, 0.2) is 0 Å². The molecule has 0 aliphatic heterocycles. The van der Waals surface area contributed by atoms with Crippen molar-refractivity contribution in [3.8, 4) is 0 Å². The first-order valence-corrected chi connectivity index (χ1v) is 8.59. The van der Waals surface area contributed by atoms with E-state index in [-0.39, 0.29) is 66.8 Å². The second-order valence-corrected chi connectivity index (χ2v) is 5.18. The van der Waals surface area contributed by atoms with Crippen molar-refractivity contribution < 1.29 is 14.2 Å². The van der Waals surface area contributed by atoms with Gasteiger partial charge in [-0.1, -0.05) is 108 Å². The van der Waals surface area contributed by atoms with Crippen LogP contribution in [0.5, 0.6) is 0 Å². The summed E-state index contributed by atoms with van der Waals surface area (Å²) in [7, 11) is 5.27. The van der Waals surface area contributed by atoms with Crippen LogP contribution in [-0.2, 0) is 14.2 Å². The Bertz CT molecular complexity index is 147. The highest BCUT2D eigenvalue weighted by Crippen LogP contribution is 2.03. The van der Waals surface area contributed by atoms with Gasteiger partial charge in [0.1, 0.15) is 0 Å². The number of methoxy groups -OCH3 is 3. The zero-order chi connectivity index (χ0) is 17.1. The fraction of sp³-hybridized carbons (Fsp3) is 1.00. The quantitative estimate of drug-likeness (QED) is 0.349. The van der Waals surface area contributed by atoms with E-state index < -0.39 is 0 Å². The topological polar surface area (TPSA) is 27.7 Å². The lowest BCUT2D eigenvalue weighted by molar-refractivity contribution is 0.0915. The molecule has 0 amide bonds. The molecular weight excluding hydrogens is 372 g/mol. The molecule has 3 nitrogen and oxygen atoms in total. The van der Waals surface area contributed by atoms with Gasteiger partial charge in [-0.25, -0.2) is 0 Å². The van der Waals surface area contributed by atoms with Crippen LogP contribution in [0.1, 0.15) is 147 Å². The minimum Gasteiger partial charge on any atom is -0.382 e. The van der Waals surface area contributed by atoms with Gasteiger partial charge in [-0.15, -0.1) is 0 Å². The highest BCUT2D eigenvalue weighted by Gasteiger charge is 1.99. The Balaban J connectivity index is -0.0000000142. The Hall–Kier alpha value is -0.120. The minimum absolute atomic E-state index is 0. The van der Waals surface area contributed by atoms with Gasteiger partial charge >= 0.3 is 0 Å². The van der Waals surface area contributed by atoms with E-state index in [1.54, 1.807) is 21.3 Å². The Kier molecular flexibility index (Phi) is 182. The minimum atomic E-state index is 0. The normalized spacial score (nSPS) is 9.00. The van der Waals surface area contributed by atoms with Crippen molar-refractivity contribution in [2.75, 3.05) is 21.3 Å². The van der Waals surface area contributed by atoms with E-state index >= 15 is 0 Å². The molecule has 0 aromatic heterocycles. The molecule has 0 saturated heterocycles. The Morgan fingerprint density at radius 3 is 0.800 bits per heavy atom. The summed E-state index contributed by atoms with van der Waals surface area (Å²) in [6.45, 7) is 12.8. The van der Waals surface area contributed by atoms with Crippen LogP contribution in [0.3, 0.4) is 0 Å². The third kappa shape index (κ3) is 70.7. The molecule has 0 aromatic carbocycles. The molecule has 0 heterocycles.